The summed E-state index contributed by atoms with van der Waals surface area (Å²) >= 11 is 0. The highest BCUT2D eigenvalue weighted by Gasteiger charge is 2.21. The molecule has 0 bridgehead atoms. The van der Waals surface area contributed by atoms with Crippen molar-refractivity contribution >= 4 is 29.9 Å². The smallest absolute Gasteiger partial charge is 0.191 e. The van der Waals surface area contributed by atoms with Gasteiger partial charge in [-0.3, -0.25) is 4.99 Å². The molecule has 3 rings (SSSR count). The molecule has 1 saturated heterocycles. The van der Waals surface area contributed by atoms with Crippen LogP contribution in [-0.2, 0) is 6.42 Å². The van der Waals surface area contributed by atoms with E-state index in [4.69, 9.17) is 9.41 Å². The largest absolute Gasteiger partial charge is 0.469 e. The number of hydrogen-bond donors (Lipinski definition) is 2. The van der Waals surface area contributed by atoms with E-state index in [1.54, 1.807) is 6.26 Å². The third-order valence-corrected chi connectivity index (χ3v) is 5.62. The topological polar surface area (TPSA) is 52.8 Å². The summed E-state index contributed by atoms with van der Waals surface area (Å²) in [5.41, 5.74) is 0. The lowest BCUT2D eigenvalue weighted by Crippen LogP contribution is -2.51. The second-order valence-corrected chi connectivity index (χ2v) is 7.80. The normalized spacial score (nSPS) is 20.3. The molecule has 6 heteroatoms. The minimum Gasteiger partial charge on any atom is -0.469 e. The summed E-state index contributed by atoms with van der Waals surface area (Å²) in [5, 5.41) is 7.44. The Bertz CT molecular complexity index is 520. The standard InChI is InChI=1S/C21H36N4O.HI/c1-2-14-25-15-11-19(12-16-25)24-21(23-18-7-4-3-5-8-18)22-13-10-20-9-6-17-26-20;/h6,9,17-19H,2-5,7-8,10-16H2,1H3,(H2,22,23,24);1H. The van der Waals surface area contributed by atoms with Gasteiger partial charge in [-0.2, -0.15) is 0 Å². The molecule has 1 aromatic rings. The van der Waals surface area contributed by atoms with E-state index in [2.05, 4.69) is 22.5 Å². The number of guanidine groups is 1. The zero-order valence-corrected chi connectivity index (χ0v) is 19.1. The van der Waals surface area contributed by atoms with Gasteiger partial charge in [-0.1, -0.05) is 26.2 Å². The fourth-order valence-corrected chi connectivity index (χ4v) is 4.12. The zero-order valence-electron chi connectivity index (χ0n) is 16.8. The van der Waals surface area contributed by atoms with Crippen molar-refractivity contribution in [1.82, 2.24) is 15.5 Å². The first-order chi connectivity index (χ1) is 12.8. The number of nitrogens with one attached hydrogen (secondary N) is 2. The third-order valence-electron chi connectivity index (χ3n) is 5.62. The highest BCUT2D eigenvalue weighted by molar-refractivity contribution is 14.0. The second-order valence-electron chi connectivity index (χ2n) is 7.80. The van der Waals surface area contributed by atoms with Crippen molar-refractivity contribution in [2.45, 2.75) is 76.8 Å². The molecule has 5 nitrogen and oxygen atoms in total. The zero-order chi connectivity index (χ0) is 18.0. The highest BCUT2D eigenvalue weighted by atomic mass is 127. The molecule has 1 aromatic heterocycles. The van der Waals surface area contributed by atoms with E-state index in [1.165, 1.54) is 71.0 Å². The molecule has 0 aromatic carbocycles. The van der Waals surface area contributed by atoms with E-state index >= 15 is 0 Å². The lowest BCUT2D eigenvalue weighted by atomic mass is 9.95. The summed E-state index contributed by atoms with van der Waals surface area (Å²) in [5.74, 6) is 2.02. The minimum atomic E-state index is 0. The first kappa shape index (κ1) is 22.5. The molecule has 0 atom stereocenters. The average Bonchev–Trinajstić information content (AvgIpc) is 3.18. The molecule has 2 fully saturated rings. The first-order valence-corrected chi connectivity index (χ1v) is 10.7. The number of nitrogens with zero attached hydrogens (tertiary/aromatic N) is 2. The minimum absolute atomic E-state index is 0. The summed E-state index contributed by atoms with van der Waals surface area (Å²) in [6.07, 6.45) is 12.9. The maximum absolute atomic E-state index is 5.43. The monoisotopic (exact) mass is 488 g/mol. The van der Waals surface area contributed by atoms with Gasteiger partial charge in [0.15, 0.2) is 5.96 Å². The number of piperidine rings is 1. The Hall–Kier alpha value is -0.760. The maximum atomic E-state index is 5.43. The van der Waals surface area contributed by atoms with Crippen LogP contribution in [0.25, 0.3) is 0 Å². The highest BCUT2D eigenvalue weighted by Crippen LogP contribution is 2.17. The van der Waals surface area contributed by atoms with E-state index in [1.807, 2.05) is 12.1 Å². The molecule has 0 radical (unpaired) electrons. The lowest BCUT2D eigenvalue weighted by molar-refractivity contribution is 0.206. The van der Waals surface area contributed by atoms with Crippen LogP contribution in [0.1, 0.15) is 64.1 Å². The van der Waals surface area contributed by atoms with Crippen LogP contribution >= 0.6 is 24.0 Å². The molecule has 1 aliphatic carbocycles. The van der Waals surface area contributed by atoms with Crippen molar-refractivity contribution in [3.63, 3.8) is 0 Å². The van der Waals surface area contributed by atoms with Crippen LogP contribution in [0.5, 0.6) is 0 Å². The van der Waals surface area contributed by atoms with Crippen molar-refractivity contribution in [2.24, 2.45) is 4.99 Å². The summed E-state index contributed by atoms with van der Waals surface area (Å²) in [6, 6.07) is 5.10. The Morgan fingerprint density at radius 3 is 2.44 bits per heavy atom. The number of furan rings is 1. The fourth-order valence-electron chi connectivity index (χ4n) is 4.12. The van der Waals surface area contributed by atoms with Gasteiger partial charge in [0.2, 0.25) is 0 Å². The van der Waals surface area contributed by atoms with Crippen LogP contribution in [0.3, 0.4) is 0 Å². The summed E-state index contributed by atoms with van der Waals surface area (Å²) < 4.78 is 5.43. The predicted octanol–water partition coefficient (Wildman–Crippen LogP) is 4.18. The van der Waals surface area contributed by atoms with Gasteiger partial charge in [0.25, 0.3) is 0 Å². The maximum Gasteiger partial charge on any atom is 0.191 e. The molecule has 1 aliphatic heterocycles. The molecule has 2 aliphatic rings. The van der Waals surface area contributed by atoms with E-state index < -0.39 is 0 Å². The van der Waals surface area contributed by atoms with Crippen LogP contribution in [0, 0.1) is 0 Å². The number of rotatable bonds is 7. The average molecular weight is 488 g/mol. The van der Waals surface area contributed by atoms with E-state index in [0.29, 0.717) is 12.1 Å². The molecular weight excluding hydrogens is 451 g/mol. The SMILES string of the molecule is CCCN1CCC(NC(=NCCc2ccco2)NC2CCCCC2)CC1.I. The summed E-state index contributed by atoms with van der Waals surface area (Å²) in [4.78, 5) is 7.45. The summed E-state index contributed by atoms with van der Waals surface area (Å²) in [6.45, 7) is 6.67. The molecule has 0 amide bonds. The molecule has 1 saturated carbocycles. The molecule has 154 valence electrons. The van der Waals surface area contributed by atoms with Crippen molar-refractivity contribution < 1.29 is 4.42 Å². The summed E-state index contributed by atoms with van der Waals surface area (Å²) in [7, 11) is 0. The predicted molar refractivity (Wildman–Crippen MR) is 123 cm³/mol. The van der Waals surface area contributed by atoms with Gasteiger partial charge in [0.05, 0.1) is 6.26 Å². The Morgan fingerprint density at radius 1 is 1.11 bits per heavy atom. The van der Waals surface area contributed by atoms with Crippen LogP contribution in [0.4, 0.5) is 0 Å². The van der Waals surface area contributed by atoms with Gasteiger partial charge < -0.3 is 20.0 Å². The van der Waals surface area contributed by atoms with Gasteiger partial charge >= 0.3 is 0 Å². The lowest BCUT2D eigenvalue weighted by Gasteiger charge is -2.34. The van der Waals surface area contributed by atoms with E-state index in [0.717, 1.165) is 24.7 Å². The Labute approximate surface area is 181 Å². The van der Waals surface area contributed by atoms with Crippen molar-refractivity contribution in [3.05, 3.63) is 24.2 Å². The van der Waals surface area contributed by atoms with Crippen molar-refractivity contribution in [3.8, 4) is 0 Å². The molecule has 0 unspecified atom stereocenters. The van der Waals surface area contributed by atoms with Gasteiger partial charge in [-0.05, 0) is 50.8 Å². The fraction of sp³-hybridized carbons (Fsp3) is 0.762. The molecule has 27 heavy (non-hydrogen) atoms. The van der Waals surface area contributed by atoms with Crippen LogP contribution in [-0.4, -0.2) is 49.1 Å². The van der Waals surface area contributed by atoms with E-state index in [-0.39, 0.29) is 24.0 Å². The van der Waals surface area contributed by atoms with Crippen molar-refractivity contribution in [1.29, 1.82) is 0 Å². The first-order valence-electron chi connectivity index (χ1n) is 10.7. The van der Waals surface area contributed by atoms with Crippen molar-refractivity contribution in [2.75, 3.05) is 26.2 Å². The Balaban J connectivity index is 0.00000261. The second kappa shape index (κ2) is 12.6. The molecule has 2 N–H and O–H groups in total. The van der Waals surface area contributed by atoms with Crippen LogP contribution < -0.4 is 10.6 Å². The number of likely N-dealkylation sites (tertiary alicyclic amines) is 1. The number of hydrogen-bond acceptors (Lipinski definition) is 3. The van der Waals surface area contributed by atoms with Gasteiger partial charge in [-0.15, -0.1) is 24.0 Å². The molecule has 0 spiro atoms. The van der Waals surface area contributed by atoms with Gasteiger partial charge in [0, 0.05) is 38.1 Å². The van der Waals surface area contributed by atoms with Crippen LogP contribution in [0.2, 0.25) is 0 Å². The number of aliphatic imine (C=N–C) groups is 1. The van der Waals surface area contributed by atoms with Crippen LogP contribution in [0.15, 0.2) is 27.8 Å². The quantitative estimate of drug-likeness (QED) is 0.344. The number of halogens is 1. The van der Waals surface area contributed by atoms with Gasteiger partial charge in [0.1, 0.15) is 5.76 Å². The molecular formula is C21H37IN4O. The Morgan fingerprint density at radius 2 is 1.81 bits per heavy atom. The third kappa shape index (κ3) is 8.02. The van der Waals surface area contributed by atoms with Gasteiger partial charge in [-0.25, -0.2) is 0 Å². The van der Waals surface area contributed by atoms with E-state index in [9.17, 15) is 0 Å². The Kier molecular flexibility index (Phi) is 10.6. The molecule has 2 heterocycles.